The van der Waals surface area contributed by atoms with Gasteiger partial charge in [-0.2, -0.15) is 0 Å². The normalized spacial score (nSPS) is 12.4. The fourth-order valence-electron chi connectivity index (χ4n) is 3.66. The van der Waals surface area contributed by atoms with E-state index >= 15 is 0 Å². The molecule has 0 saturated heterocycles. The Labute approximate surface area is 169 Å². The van der Waals surface area contributed by atoms with Crippen molar-refractivity contribution >= 4 is 0 Å². The molecule has 3 rings (SSSR count). The van der Waals surface area contributed by atoms with Crippen LogP contribution >= 0.6 is 0 Å². The van der Waals surface area contributed by atoms with Crippen LogP contribution in [0.15, 0.2) is 60.9 Å². The standard InChI is InChI=1S/C26H33NO/c1-25(2,3)22-15-21(16-23(24(22)28)26(4,5)6)14-20-12-13-27(18-20)17-19-10-8-7-9-11-19/h7-13,15-16,18,28H,14,17H2,1-6H3. The zero-order valence-electron chi connectivity index (χ0n) is 18.1. The molecule has 2 heteroatoms. The number of nitrogens with zero attached hydrogens (tertiary/aromatic N) is 1. The summed E-state index contributed by atoms with van der Waals surface area (Å²) in [5.41, 5.74) is 5.71. The zero-order chi connectivity index (χ0) is 20.5. The number of hydrogen-bond donors (Lipinski definition) is 1. The highest BCUT2D eigenvalue weighted by Gasteiger charge is 2.26. The van der Waals surface area contributed by atoms with Gasteiger partial charge in [0.05, 0.1) is 0 Å². The molecule has 0 atom stereocenters. The molecule has 0 spiro atoms. The first-order valence-electron chi connectivity index (χ1n) is 10.1. The molecule has 0 aliphatic heterocycles. The van der Waals surface area contributed by atoms with Gasteiger partial charge in [-0.3, -0.25) is 0 Å². The molecular formula is C26H33NO. The molecule has 1 aromatic heterocycles. The van der Waals surface area contributed by atoms with Crippen LogP contribution < -0.4 is 0 Å². The first kappa shape index (κ1) is 20.3. The molecule has 3 aromatic rings. The summed E-state index contributed by atoms with van der Waals surface area (Å²) in [6, 6.07) is 17.1. The average Bonchev–Trinajstić information content (AvgIpc) is 3.02. The van der Waals surface area contributed by atoms with Gasteiger partial charge >= 0.3 is 0 Å². The zero-order valence-corrected chi connectivity index (χ0v) is 18.1. The highest BCUT2D eigenvalue weighted by molar-refractivity contribution is 5.50. The summed E-state index contributed by atoms with van der Waals surface area (Å²) < 4.78 is 2.24. The van der Waals surface area contributed by atoms with Crippen molar-refractivity contribution in [1.82, 2.24) is 4.57 Å². The maximum Gasteiger partial charge on any atom is 0.123 e. The van der Waals surface area contributed by atoms with Crippen LogP contribution in [-0.2, 0) is 23.8 Å². The van der Waals surface area contributed by atoms with Gasteiger partial charge in [-0.25, -0.2) is 0 Å². The number of phenolic OH excluding ortho intramolecular Hbond substituents is 1. The van der Waals surface area contributed by atoms with Gasteiger partial charge in [0.1, 0.15) is 5.75 Å². The van der Waals surface area contributed by atoms with E-state index in [4.69, 9.17) is 0 Å². The molecule has 0 saturated carbocycles. The topological polar surface area (TPSA) is 25.2 Å². The van der Waals surface area contributed by atoms with Gasteiger partial charge in [-0.1, -0.05) is 84.0 Å². The van der Waals surface area contributed by atoms with Gasteiger partial charge in [-0.05, 0) is 51.1 Å². The van der Waals surface area contributed by atoms with Crippen LogP contribution in [0.4, 0.5) is 0 Å². The molecule has 0 aliphatic carbocycles. The Hall–Kier alpha value is -2.48. The monoisotopic (exact) mass is 375 g/mol. The van der Waals surface area contributed by atoms with Crippen molar-refractivity contribution in [3.05, 3.63) is 88.7 Å². The summed E-state index contributed by atoms with van der Waals surface area (Å²) in [5.74, 6) is 0.449. The molecule has 0 bridgehead atoms. The molecule has 1 heterocycles. The van der Waals surface area contributed by atoms with E-state index in [1.165, 1.54) is 16.7 Å². The molecule has 28 heavy (non-hydrogen) atoms. The van der Waals surface area contributed by atoms with Crippen LogP contribution in [0.25, 0.3) is 0 Å². The van der Waals surface area contributed by atoms with Crippen molar-refractivity contribution in [3.8, 4) is 5.75 Å². The number of aromatic hydroxyl groups is 1. The second kappa shape index (κ2) is 7.50. The molecular weight excluding hydrogens is 342 g/mol. The SMILES string of the molecule is CC(C)(C)c1cc(Cc2ccn(Cc3ccccc3)c2)cc(C(C)(C)C)c1O. The summed E-state index contributed by atoms with van der Waals surface area (Å²) in [4.78, 5) is 0. The first-order chi connectivity index (χ1) is 13.0. The Morgan fingerprint density at radius 2 is 1.32 bits per heavy atom. The number of hydrogen-bond acceptors (Lipinski definition) is 1. The largest absolute Gasteiger partial charge is 0.507 e. The van der Waals surface area contributed by atoms with Gasteiger partial charge in [0.15, 0.2) is 0 Å². The van der Waals surface area contributed by atoms with Crippen molar-refractivity contribution in [2.75, 3.05) is 0 Å². The highest BCUT2D eigenvalue weighted by atomic mass is 16.3. The van der Waals surface area contributed by atoms with Crippen molar-refractivity contribution in [3.63, 3.8) is 0 Å². The van der Waals surface area contributed by atoms with Gasteiger partial charge in [-0.15, -0.1) is 0 Å². The molecule has 1 N–H and O–H groups in total. The summed E-state index contributed by atoms with van der Waals surface area (Å²) in [5, 5.41) is 10.9. The Bertz CT molecular complexity index is 902. The van der Waals surface area contributed by atoms with Gasteiger partial charge in [0.25, 0.3) is 0 Å². The van der Waals surface area contributed by atoms with E-state index in [9.17, 15) is 5.11 Å². The lowest BCUT2D eigenvalue weighted by atomic mass is 9.78. The Balaban J connectivity index is 1.90. The molecule has 0 unspecified atom stereocenters. The van der Waals surface area contributed by atoms with Crippen LogP contribution in [0, 0.1) is 0 Å². The van der Waals surface area contributed by atoms with E-state index in [-0.39, 0.29) is 10.8 Å². The minimum absolute atomic E-state index is 0.0979. The maximum absolute atomic E-state index is 10.9. The highest BCUT2D eigenvalue weighted by Crippen LogP contribution is 2.40. The maximum atomic E-state index is 10.9. The van der Waals surface area contributed by atoms with E-state index < -0.39 is 0 Å². The van der Waals surface area contributed by atoms with Gasteiger partial charge < -0.3 is 9.67 Å². The van der Waals surface area contributed by atoms with E-state index in [2.05, 4.69) is 107 Å². The Morgan fingerprint density at radius 1 is 0.750 bits per heavy atom. The first-order valence-corrected chi connectivity index (χ1v) is 10.1. The van der Waals surface area contributed by atoms with Crippen molar-refractivity contribution in [1.29, 1.82) is 0 Å². The van der Waals surface area contributed by atoms with E-state index in [1.54, 1.807) is 0 Å². The predicted molar refractivity (Wildman–Crippen MR) is 118 cm³/mol. The lowest BCUT2D eigenvalue weighted by molar-refractivity contribution is 0.423. The number of rotatable bonds is 4. The second-order valence-corrected chi connectivity index (χ2v) is 9.89. The van der Waals surface area contributed by atoms with Crippen molar-refractivity contribution in [2.45, 2.75) is 65.3 Å². The smallest absolute Gasteiger partial charge is 0.123 e. The third-order valence-corrected chi connectivity index (χ3v) is 5.21. The predicted octanol–water partition coefficient (Wildman–Crippen LogP) is 6.43. The minimum Gasteiger partial charge on any atom is -0.507 e. The summed E-state index contributed by atoms with van der Waals surface area (Å²) in [6.07, 6.45) is 5.25. The molecule has 2 aromatic carbocycles. The van der Waals surface area contributed by atoms with Crippen molar-refractivity contribution in [2.24, 2.45) is 0 Å². The van der Waals surface area contributed by atoms with Crippen LogP contribution in [0.5, 0.6) is 5.75 Å². The van der Waals surface area contributed by atoms with E-state index in [0.29, 0.717) is 5.75 Å². The fraction of sp³-hybridized carbons (Fsp3) is 0.385. The molecule has 0 aliphatic rings. The summed E-state index contributed by atoms with van der Waals surface area (Å²) >= 11 is 0. The van der Waals surface area contributed by atoms with Crippen molar-refractivity contribution < 1.29 is 5.11 Å². The molecule has 0 fully saturated rings. The molecule has 0 amide bonds. The van der Waals surface area contributed by atoms with Crippen LogP contribution in [-0.4, -0.2) is 9.67 Å². The molecule has 0 radical (unpaired) electrons. The third-order valence-electron chi connectivity index (χ3n) is 5.21. The van der Waals surface area contributed by atoms with Gasteiger partial charge in [0, 0.05) is 18.9 Å². The fourth-order valence-corrected chi connectivity index (χ4v) is 3.66. The quantitative estimate of drug-likeness (QED) is 0.558. The number of benzene rings is 2. The lowest BCUT2D eigenvalue weighted by Gasteiger charge is -2.28. The van der Waals surface area contributed by atoms with Crippen LogP contribution in [0.1, 0.15) is 69.4 Å². The lowest BCUT2D eigenvalue weighted by Crippen LogP contribution is -2.18. The van der Waals surface area contributed by atoms with E-state index in [1.807, 2.05) is 0 Å². The average molecular weight is 376 g/mol. The summed E-state index contributed by atoms with van der Waals surface area (Å²) in [6.45, 7) is 13.9. The third kappa shape index (κ3) is 4.67. The molecule has 2 nitrogen and oxygen atoms in total. The minimum atomic E-state index is -0.0979. The summed E-state index contributed by atoms with van der Waals surface area (Å²) in [7, 11) is 0. The Kier molecular flexibility index (Phi) is 5.43. The van der Waals surface area contributed by atoms with E-state index in [0.717, 1.165) is 24.1 Å². The number of aromatic nitrogens is 1. The number of phenols is 1. The molecule has 148 valence electrons. The van der Waals surface area contributed by atoms with Crippen LogP contribution in [0.2, 0.25) is 0 Å². The van der Waals surface area contributed by atoms with Crippen LogP contribution in [0.3, 0.4) is 0 Å². The Morgan fingerprint density at radius 3 is 1.86 bits per heavy atom. The van der Waals surface area contributed by atoms with Gasteiger partial charge in [0.2, 0.25) is 0 Å². The second-order valence-electron chi connectivity index (χ2n) is 9.89.